The van der Waals surface area contributed by atoms with E-state index in [1.54, 1.807) is 30.3 Å². The van der Waals surface area contributed by atoms with E-state index in [4.69, 9.17) is 0 Å². The van der Waals surface area contributed by atoms with Crippen LogP contribution >= 0.6 is 0 Å². The molecule has 0 spiro atoms. The highest BCUT2D eigenvalue weighted by Gasteiger charge is 2.06. The molecule has 0 radical (unpaired) electrons. The largest absolute Gasteiger partial charge is 0.508 e. The maximum atomic E-state index is 9.77. The third-order valence-corrected chi connectivity index (χ3v) is 2.91. The summed E-state index contributed by atoms with van der Waals surface area (Å²) in [5, 5.41) is 31.8. The second-order valence-corrected chi connectivity index (χ2v) is 4.04. The number of fused-ring (bicyclic) bond motifs is 2. The van der Waals surface area contributed by atoms with Crippen molar-refractivity contribution in [2.75, 3.05) is 0 Å². The van der Waals surface area contributed by atoms with Crippen molar-refractivity contribution in [1.29, 1.82) is 0 Å². The van der Waals surface area contributed by atoms with Crippen molar-refractivity contribution >= 4 is 21.5 Å². The van der Waals surface area contributed by atoms with Crippen LogP contribution in [0.2, 0.25) is 0 Å². The highest BCUT2D eigenvalue weighted by Crippen LogP contribution is 2.36. The van der Waals surface area contributed by atoms with Gasteiger partial charge in [0.2, 0.25) is 0 Å². The average Bonchev–Trinajstić information content (AvgIpc) is 2.32. The molecule has 3 heteroatoms. The van der Waals surface area contributed by atoms with Gasteiger partial charge in [-0.3, -0.25) is 0 Å². The van der Waals surface area contributed by atoms with Gasteiger partial charge in [0.1, 0.15) is 5.75 Å². The molecule has 3 aromatic carbocycles. The monoisotopic (exact) mass is 226 g/mol. The molecule has 3 N–H and O–H groups in total. The Labute approximate surface area is 97.2 Å². The number of rotatable bonds is 0. The van der Waals surface area contributed by atoms with Gasteiger partial charge in [-0.25, -0.2) is 0 Å². The molecular formula is C14H10O3. The molecule has 0 aliphatic heterocycles. The van der Waals surface area contributed by atoms with Gasteiger partial charge < -0.3 is 15.3 Å². The summed E-state index contributed by atoms with van der Waals surface area (Å²) in [7, 11) is 0. The van der Waals surface area contributed by atoms with Crippen LogP contribution in [0.15, 0.2) is 42.5 Å². The minimum Gasteiger partial charge on any atom is -0.508 e. The van der Waals surface area contributed by atoms with Gasteiger partial charge in [-0.1, -0.05) is 12.1 Å². The van der Waals surface area contributed by atoms with E-state index in [0.717, 1.165) is 16.2 Å². The van der Waals surface area contributed by atoms with E-state index >= 15 is 0 Å². The van der Waals surface area contributed by atoms with Crippen molar-refractivity contribution in [2.24, 2.45) is 0 Å². The molecule has 17 heavy (non-hydrogen) atoms. The lowest BCUT2D eigenvalue weighted by molar-refractivity contribution is 0.408. The Hall–Kier alpha value is -2.42. The topological polar surface area (TPSA) is 60.7 Å². The first kappa shape index (κ1) is 9.78. The zero-order valence-corrected chi connectivity index (χ0v) is 8.88. The number of hydrogen-bond donors (Lipinski definition) is 3. The SMILES string of the molecule is Oc1ccc2cc3c(O)c(O)ccc3cc2c1. The van der Waals surface area contributed by atoms with Crippen molar-refractivity contribution in [3.05, 3.63) is 42.5 Å². The van der Waals surface area contributed by atoms with E-state index in [9.17, 15) is 15.3 Å². The molecule has 0 aliphatic rings. The molecule has 0 saturated heterocycles. The molecule has 3 rings (SSSR count). The van der Waals surface area contributed by atoms with Gasteiger partial charge in [-0.05, 0) is 46.5 Å². The number of hydrogen-bond acceptors (Lipinski definition) is 3. The Morgan fingerprint density at radius 2 is 1.41 bits per heavy atom. The van der Waals surface area contributed by atoms with Crippen LogP contribution in [0.5, 0.6) is 17.2 Å². The van der Waals surface area contributed by atoms with Crippen molar-refractivity contribution in [1.82, 2.24) is 0 Å². The predicted molar refractivity (Wildman–Crippen MR) is 66.4 cm³/mol. The standard InChI is InChI=1S/C14H10O3/c15-11-3-1-8-7-12-9(5-10(8)6-11)2-4-13(16)14(12)17/h1-7,15-17H. The van der Waals surface area contributed by atoms with Gasteiger partial charge >= 0.3 is 0 Å². The molecule has 84 valence electrons. The lowest BCUT2D eigenvalue weighted by Gasteiger charge is -2.06. The van der Waals surface area contributed by atoms with E-state index in [1.807, 2.05) is 6.07 Å². The molecular weight excluding hydrogens is 216 g/mol. The maximum Gasteiger partial charge on any atom is 0.165 e. The summed E-state index contributed by atoms with van der Waals surface area (Å²) in [4.78, 5) is 0. The number of aromatic hydroxyl groups is 3. The Balaban J connectivity index is 2.48. The minimum atomic E-state index is -0.129. The normalized spacial score (nSPS) is 11.1. The fourth-order valence-corrected chi connectivity index (χ4v) is 2.03. The quantitative estimate of drug-likeness (QED) is 0.407. The lowest BCUT2D eigenvalue weighted by atomic mass is 10.0. The molecule has 0 unspecified atom stereocenters. The molecule has 3 nitrogen and oxygen atoms in total. The van der Waals surface area contributed by atoms with Crippen molar-refractivity contribution in [2.45, 2.75) is 0 Å². The summed E-state index contributed by atoms with van der Waals surface area (Å²) in [5.74, 6) is -0.0343. The summed E-state index contributed by atoms with van der Waals surface area (Å²) in [6.07, 6.45) is 0. The van der Waals surface area contributed by atoms with Crippen LogP contribution in [0.1, 0.15) is 0 Å². The Kier molecular flexibility index (Phi) is 1.89. The van der Waals surface area contributed by atoms with Crippen molar-refractivity contribution in [3.63, 3.8) is 0 Å². The van der Waals surface area contributed by atoms with Crippen LogP contribution in [0.25, 0.3) is 21.5 Å². The average molecular weight is 226 g/mol. The first-order valence-corrected chi connectivity index (χ1v) is 5.22. The maximum absolute atomic E-state index is 9.77. The minimum absolute atomic E-state index is 0.113. The van der Waals surface area contributed by atoms with E-state index in [1.165, 1.54) is 6.07 Å². The fraction of sp³-hybridized carbons (Fsp3) is 0. The van der Waals surface area contributed by atoms with E-state index < -0.39 is 0 Å². The third kappa shape index (κ3) is 1.44. The molecule has 0 aromatic heterocycles. The fourth-order valence-electron chi connectivity index (χ4n) is 2.03. The summed E-state index contributed by atoms with van der Waals surface area (Å²) in [5.41, 5.74) is 0. The molecule has 0 atom stereocenters. The third-order valence-electron chi connectivity index (χ3n) is 2.91. The molecule has 0 fully saturated rings. The van der Waals surface area contributed by atoms with Gasteiger partial charge in [-0.15, -0.1) is 0 Å². The molecule has 3 aromatic rings. The zero-order valence-electron chi connectivity index (χ0n) is 8.88. The summed E-state index contributed by atoms with van der Waals surface area (Å²) < 4.78 is 0. The Morgan fingerprint density at radius 1 is 0.647 bits per heavy atom. The molecule has 0 bridgehead atoms. The Bertz CT molecular complexity index is 732. The van der Waals surface area contributed by atoms with Crippen LogP contribution in [0.3, 0.4) is 0 Å². The first-order chi connectivity index (χ1) is 8.15. The summed E-state index contributed by atoms with van der Waals surface area (Å²) in [6, 6.07) is 11.9. The van der Waals surface area contributed by atoms with Gasteiger partial charge in [0, 0.05) is 5.39 Å². The molecule has 0 aliphatic carbocycles. The highest BCUT2D eigenvalue weighted by molar-refractivity contribution is 6.02. The second kappa shape index (κ2) is 3.28. The number of benzene rings is 3. The highest BCUT2D eigenvalue weighted by atomic mass is 16.3. The van der Waals surface area contributed by atoms with Crippen LogP contribution < -0.4 is 0 Å². The second-order valence-electron chi connectivity index (χ2n) is 4.04. The molecule has 0 saturated carbocycles. The van der Waals surface area contributed by atoms with Crippen molar-refractivity contribution in [3.8, 4) is 17.2 Å². The van der Waals surface area contributed by atoms with Crippen molar-refractivity contribution < 1.29 is 15.3 Å². The smallest absolute Gasteiger partial charge is 0.165 e. The number of phenols is 3. The summed E-state index contributed by atoms with van der Waals surface area (Å²) >= 11 is 0. The molecule has 0 amide bonds. The van der Waals surface area contributed by atoms with Crippen LogP contribution in [-0.4, -0.2) is 15.3 Å². The Morgan fingerprint density at radius 3 is 2.24 bits per heavy atom. The summed E-state index contributed by atoms with van der Waals surface area (Å²) in [6.45, 7) is 0. The van der Waals surface area contributed by atoms with Crippen LogP contribution in [-0.2, 0) is 0 Å². The van der Waals surface area contributed by atoms with Gasteiger partial charge in [-0.2, -0.15) is 0 Å². The van der Waals surface area contributed by atoms with E-state index in [2.05, 4.69) is 0 Å². The molecule has 0 heterocycles. The number of phenolic OH excluding ortho intramolecular Hbond substituents is 3. The van der Waals surface area contributed by atoms with Gasteiger partial charge in [0.15, 0.2) is 11.5 Å². The first-order valence-electron chi connectivity index (χ1n) is 5.22. The van der Waals surface area contributed by atoms with Gasteiger partial charge in [0.25, 0.3) is 0 Å². The lowest BCUT2D eigenvalue weighted by Crippen LogP contribution is -1.78. The van der Waals surface area contributed by atoms with E-state index in [-0.39, 0.29) is 17.2 Å². The predicted octanol–water partition coefficient (Wildman–Crippen LogP) is 3.11. The van der Waals surface area contributed by atoms with Gasteiger partial charge in [0.05, 0.1) is 0 Å². The van der Waals surface area contributed by atoms with Crippen LogP contribution in [0, 0.1) is 0 Å². The van der Waals surface area contributed by atoms with E-state index in [0.29, 0.717) is 5.39 Å². The zero-order chi connectivity index (χ0) is 12.0. The van der Waals surface area contributed by atoms with Crippen LogP contribution in [0.4, 0.5) is 0 Å².